The van der Waals surface area contributed by atoms with E-state index in [0.717, 1.165) is 0 Å². The van der Waals surface area contributed by atoms with Crippen molar-refractivity contribution in [1.29, 1.82) is 0 Å². The molecule has 0 atom stereocenters. The van der Waals surface area contributed by atoms with Crippen LogP contribution < -0.4 is 0 Å². The van der Waals surface area contributed by atoms with Crippen molar-refractivity contribution in [2.75, 3.05) is 0 Å². The molecule has 0 saturated heterocycles. The third-order valence-electron chi connectivity index (χ3n) is 3.46. The predicted molar refractivity (Wildman–Crippen MR) is 392 cm³/mol. The molecule has 0 saturated carbocycles. The quantitative estimate of drug-likeness (QED) is 0.0666. The SMILES string of the molecule is CC(C)O[Si](O)(OC(C)C)OC(C)C.CC(C)O[Si](O)(OC(C)C)OC(C)C.CC(C)O[Si](O)(OC(C)C)OC(C)C.C[Si](C)(C)Cl.Cl.Cl.[CH2-]C.[CH2-]C.[CH2-]C.[CH2-][Si](C)(C)C.[CH2-][Si](C)(C)C.[CH2-][Si](C)(C)C.[CH2-][Si](C)(C)C.[CH2-][Si](C)(C)C.[O]=[W].[O]=[W].[O]=[W]. The molecule has 0 aromatic heterocycles. The second-order valence-electron chi connectivity index (χ2n) is 26.9. The Balaban J connectivity index is -0.0000000418. The van der Waals surface area contributed by atoms with Gasteiger partial charge in [-0.15, -0.1) is 65.2 Å². The second-order valence-corrected chi connectivity index (χ2v) is 65.3. The van der Waals surface area contributed by atoms with E-state index in [1.807, 2.05) is 125 Å². The van der Waals surface area contributed by atoms with Crippen molar-refractivity contribution < 1.29 is 124 Å². The number of rotatable bonds is 18. The summed E-state index contributed by atoms with van der Waals surface area (Å²) in [4.78, 5) is 30.0. The van der Waals surface area contributed by atoms with Gasteiger partial charge in [0, 0.05) is 54.9 Å². The van der Waals surface area contributed by atoms with E-state index in [4.69, 9.17) is 61.1 Å². The second kappa shape index (κ2) is 77.8. The summed E-state index contributed by atoms with van der Waals surface area (Å²) in [5, 5.41) is 0. The summed E-state index contributed by atoms with van der Waals surface area (Å²) in [6.45, 7) is 107. The molecular weight excluding hydrogens is 1820 g/mol. The summed E-state index contributed by atoms with van der Waals surface area (Å²) in [7, 11) is -15.8. The van der Waals surface area contributed by atoms with Gasteiger partial charge in [0.05, 0.1) is 0 Å². The Morgan fingerprint density at radius 3 is 0.314 bits per heavy atom. The Bertz CT molecular complexity index is 967. The molecule has 0 heterocycles. The number of halogens is 3. The summed E-state index contributed by atoms with van der Waals surface area (Å²) in [5.41, 5.74) is 0. The van der Waals surface area contributed by atoms with Crippen molar-refractivity contribution >= 4 is 111 Å². The number of hydrogen-bond donors (Lipinski definition) is 3. The molecular formula is C56H147Cl3O15Si9W3-8. The average molecular weight is 1970 g/mol. The van der Waals surface area contributed by atoms with Gasteiger partial charge in [-0.25, -0.2) is 0 Å². The van der Waals surface area contributed by atoms with Gasteiger partial charge in [0.2, 0.25) is 0 Å². The van der Waals surface area contributed by atoms with Crippen LogP contribution in [0.2, 0.25) is 118 Å². The average Bonchev–Trinajstić information content (AvgIpc) is 3.16. The van der Waals surface area contributed by atoms with E-state index in [1.54, 1.807) is 20.8 Å². The van der Waals surface area contributed by atoms with Gasteiger partial charge in [-0.05, 0) is 125 Å². The first-order valence-corrected chi connectivity index (χ1v) is 60.3. The zero-order chi connectivity index (χ0) is 73.1. The van der Waals surface area contributed by atoms with Gasteiger partial charge >= 0.3 is 96.7 Å². The Labute approximate surface area is 600 Å². The molecule has 0 aromatic carbocycles. The van der Waals surface area contributed by atoms with Crippen molar-refractivity contribution in [3.8, 4) is 0 Å². The van der Waals surface area contributed by atoms with Crippen molar-refractivity contribution in [3.05, 3.63) is 53.5 Å². The van der Waals surface area contributed by atoms with Crippen molar-refractivity contribution in [2.24, 2.45) is 0 Å². The van der Waals surface area contributed by atoms with E-state index >= 15 is 0 Å². The summed E-state index contributed by atoms with van der Waals surface area (Å²) in [6.07, 6.45) is -0.965. The van der Waals surface area contributed by atoms with Gasteiger partial charge in [0.1, 0.15) is 7.38 Å². The third-order valence-corrected chi connectivity index (χ3v) is 10.4. The predicted octanol–water partition coefficient (Wildman–Crippen LogP) is 18.6. The van der Waals surface area contributed by atoms with E-state index in [-0.39, 0.29) is 79.7 Å². The van der Waals surface area contributed by atoms with Gasteiger partial charge in [-0.1, -0.05) is 118 Å². The first-order valence-electron chi connectivity index (χ1n) is 28.6. The van der Waals surface area contributed by atoms with Gasteiger partial charge in [0.25, 0.3) is 0 Å². The Kier molecular flexibility index (Phi) is 121. The van der Waals surface area contributed by atoms with Crippen molar-refractivity contribution in [2.45, 2.75) is 318 Å². The molecule has 0 aliphatic rings. The van der Waals surface area contributed by atoms with Crippen LogP contribution in [0.4, 0.5) is 0 Å². The topological polar surface area (TPSA) is 195 Å². The Morgan fingerprint density at radius 1 is 0.256 bits per heavy atom. The van der Waals surface area contributed by atoms with Gasteiger partial charge in [-0.2, -0.15) is 31.9 Å². The van der Waals surface area contributed by atoms with Gasteiger partial charge in [0.15, 0.2) is 0 Å². The van der Waals surface area contributed by atoms with E-state index in [9.17, 15) is 14.4 Å². The van der Waals surface area contributed by atoms with Crippen LogP contribution in [0.5, 0.6) is 0 Å². The summed E-state index contributed by atoms with van der Waals surface area (Å²) in [5.74, 6) is 0. The maximum atomic E-state index is 9.99. The van der Waals surface area contributed by atoms with E-state index in [1.165, 1.54) is 0 Å². The molecule has 0 bridgehead atoms. The molecule has 0 radical (unpaired) electrons. The van der Waals surface area contributed by atoms with Crippen molar-refractivity contribution in [1.82, 2.24) is 0 Å². The van der Waals surface area contributed by atoms with Crippen LogP contribution in [0.3, 0.4) is 0 Å². The van der Waals surface area contributed by atoms with Crippen molar-refractivity contribution in [3.63, 3.8) is 0 Å². The van der Waals surface area contributed by atoms with Crippen LogP contribution in [0.1, 0.15) is 145 Å². The Morgan fingerprint density at radius 2 is 0.291 bits per heavy atom. The minimum atomic E-state index is -3.44. The van der Waals surface area contributed by atoms with Crippen LogP contribution in [0.15, 0.2) is 0 Å². The standard InChI is InChI=1S/3C9H22O4Si.5C4H11Si.C3H9ClSi.3C2H5.2ClH.3O.3W/c3*1-7(2)11-14(10,12-8(3)4)13-9(5)6;6*1-5(2,3)4;3*1-2;;;;;;;;/h3*7-10H,1-6H3;5*1H2,2-4H3;1-3H3;3*1H2,2H3;2*1H;;;;;;/q;;;5*-1;;3*-1;;;;;;;;. The van der Waals surface area contributed by atoms with Gasteiger partial charge in [-0.3, -0.25) is 0 Å². The molecule has 0 aliphatic carbocycles. The summed E-state index contributed by atoms with van der Waals surface area (Å²) >= 11 is 6.67. The first-order chi connectivity index (χ1) is 36.7. The zero-order valence-corrected chi connectivity index (χ0v) is 83.2. The zero-order valence-electron chi connectivity index (χ0n) is 63.0. The fourth-order valence-corrected chi connectivity index (χ4v) is 8.79. The monoisotopic (exact) mass is 1970 g/mol. The summed E-state index contributed by atoms with van der Waals surface area (Å²) < 4.78 is 72.8. The molecule has 0 aromatic rings. The van der Waals surface area contributed by atoms with Gasteiger partial charge < -0.3 is 108 Å². The molecule has 3 N–H and O–H groups in total. The fourth-order valence-electron chi connectivity index (χ4n) is 2.93. The Hall–Kier alpha value is 3.81. The minimum absolute atomic E-state index is 0. The third kappa shape index (κ3) is 278. The molecule has 86 heavy (non-hydrogen) atoms. The molecule has 544 valence electrons. The maximum absolute atomic E-state index is 9.99. The van der Waals surface area contributed by atoms with E-state index < -0.39 is 74.9 Å². The molecule has 0 aliphatic heterocycles. The molecule has 30 heteroatoms. The van der Waals surface area contributed by atoms with Crippen LogP contribution in [0.25, 0.3) is 0 Å². The van der Waals surface area contributed by atoms with Crippen LogP contribution in [-0.4, -0.2) is 144 Å². The number of hydrogen-bond acceptors (Lipinski definition) is 15. The van der Waals surface area contributed by atoms with E-state index in [2.05, 4.69) is 171 Å². The molecule has 0 unspecified atom stereocenters. The molecule has 15 nitrogen and oxygen atoms in total. The van der Waals surface area contributed by atoms with Crippen LogP contribution >= 0.6 is 35.9 Å². The van der Waals surface area contributed by atoms with Crippen LogP contribution in [0, 0.1) is 53.5 Å². The first kappa shape index (κ1) is 134. The van der Waals surface area contributed by atoms with E-state index in [0.29, 0.717) is 59.3 Å². The summed E-state index contributed by atoms with van der Waals surface area (Å²) in [6, 6.07) is 0. The molecule has 0 fully saturated rings. The fraction of sp³-hybridized carbons (Fsp3) is 0.857. The molecule has 0 spiro atoms. The van der Waals surface area contributed by atoms with Crippen LogP contribution in [-0.2, 0) is 109 Å². The normalized spacial score (nSPS) is 11.0. The molecule has 0 amide bonds. The molecule has 0 rings (SSSR count).